The molecule has 1 N–H and O–H groups in total. The normalized spacial score (nSPS) is 46.4. The minimum absolute atomic E-state index is 0.782. The Morgan fingerprint density at radius 3 is 2.75 bits per heavy atom. The molecule has 0 aromatic heterocycles. The van der Waals surface area contributed by atoms with Gasteiger partial charge in [-0.15, -0.1) is 0 Å². The molecule has 0 spiro atoms. The monoisotopic (exact) mass is 277 g/mol. The predicted octanol–water partition coefficient (Wildman–Crippen LogP) is 2.08. The van der Waals surface area contributed by atoms with Crippen molar-refractivity contribution in [1.29, 1.82) is 0 Å². The Morgan fingerprint density at radius 1 is 1.00 bits per heavy atom. The van der Waals surface area contributed by atoms with Crippen LogP contribution in [0.5, 0.6) is 0 Å². The number of fused-ring (bicyclic) bond motifs is 3. The molecule has 4 aliphatic rings. The fraction of sp³-hybridized carbons (Fsp3) is 1.00. The summed E-state index contributed by atoms with van der Waals surface area (Å²) in [6.07, 6.45) is 11.6. The molecule has 3 nitrogen and oxygen atoms in total. The molecule has 3 heteroatoms. The fourth-order valence-electron chi connectivity index (χ4n) is 5.43. The predicted molar refractivity (Wildman–Crippen MR) is 82.9 cm³/mol. The third kappa shape index (κ3) is 2.53. The molecule has 3 saturated heterocycles. The van der Waals surface area contributed by atoms with E-state index in [-0.39, 0.29) is 0 Å². The minimum atomic E-state index is 0.782. The topological polar surface area (TPSA) is 18.5 Å². The van der Waals surface area contributed by atoms with Crippen LogP contribution in [-0.2, 0) is 0 Å². The van der Waals surface area contributed by atoms with Crippen molar-refractivity contribution in [1.82, 2.24) is 15.1 Å². The lowest BCUT2D eigenvalue weighted by atomic mass is 9.85. The second kappa shape index (κ2) is 5.58. The first-order valence-electron chi connectivity index (χ1n) is 9.00. The summed E-state index contributed by atoms with van der Waals surface area (Å²) >= 11 is 0. The highest BCUT2D eigenvalue weighted by atomic mass is 15.3. The van der Waals surface area contributed by atoms with Crippen molar-refractivity contribution in [2.24, 2.45) is 5.92 Å². The van der Waals surface area contributed by atoms with E-state index in [9.17, 15) is 0 Å². The van der Waals surface area contributed by atoms with Crippen molar-refractivity contribution in [2.75, 3.05) is 26.7 Å². The molecule has 4 rings (SSSR count). The van der Waals surface area contributed by atoms with Crippen LogP contribution < -0.4 is 5.32 Å². The molecule has 0 aromatic carbocycles. The van der Waals surface area contributed by atoms with E-state index in [1.807, 2.05) is 0 Å². The first-order valence-corrected chi connectivity index (χ1v) is 9.00. The van der Waals surface area contributed by atoms with Crippen LogP contribution >= 0.6 is 0 Å². The Balaban J connectivity index is 1.33. The van der Waals surface area contributed by atoms with E-state index in [1.54, 1.807) is 0 Å². The molecule has 5 atom stereocenters. The number of hydrogen-bond donors (Lipinski definition) is 1. The van der Waals surface area contributed by atoms with Crippen molar-refractivity contribution in [3.05, 3.63) is 0 Å². The number of nitrogens with zero attached hydrogens (tertiary/aromatic N) is 2. The second-order valence-electron chi connectivity index (χ2n) is 7.85. The molecule has 3 heterocycles. The van der Waals surface area contributed by atoms with E-state index >= 15 is 0 Å². The maximum absolute atomic E-state index is 3.96. The van der Waals surface area contributed by atoms with E-state index in [0.29, 0.717) is 0 Å². The molecule has 1 aliphatic carbocycles. The Kier molecular flexibility index (Phi) is 3.78. The van der Waals surface area contributed by atoms with Gasteiger partial charge < -0.3 is 10.2 Å². The molecule has 2 bridgehead atoms. The lowest BCUT2D eigenvalue weighted by Gasteiger charge is -2.28. The molecule has 0 aromatic rings. The summed E-state index contributed by atoms with van der Waals surface area (Å²) in [5, 5.41) is 3.96. The summed E-state index contributed by atoms with van der Waals surface area (Å²) in [4.78, 5) is 5.44. The Morgan fingerprint density at radius 2 is 1.85 bits per heavy atom. The molecule has 0 amide bonds. The largest absolute Gasteiger partial charge is 0.310 e. The first-order chi connectivity index (χ1) is 9.79. The van der Waals surface area contributed by atoms with Gasteiger partial charge in [0.1, 0.15) is 0 Å². The smallest absolute Gasteiger partial charge is 0.0223 e. The van der Waals surface area contributed by atoms with Crippen LogP contribution in [0.15, 0.2) is 0 Å². The quantitative estimate of drug-likeness (QED) is 0.834. The number of rotatable bonds is 2. The molecule has 5 unspecified atom stereocenters. The third-order valence-corrected chi connectivity index (χ3v) is 6.66. The average Bonchev–Trinajstić information content (AvgIpc) is 2.94. The summed E-state index contributed by atoms with van der Waals surface area (Å²) in [7, 11) is 2.36. The molecular weight excluding hydrogens is 246 g/mol. The number of nitrogens with one attached hydrogen (secondary N) is 1. The Bertz CT molecular complexity index is 331. The number of likely N-dealkylation sites (tertiary alicyclic amines) is 1. The molecule has 4 fully saturated rings. The van der Waals surface area contributed by atoms with Crippen molar-refractivity contribution in [2.45, 2.75) is 75.5 Å². The highest BCUT2D eigenvalue weighted by Gasteiger charge is 2.38. The van der Waals surface area contributed by atoms with E-state index in [4.69, 9.17) is 0 Å². The zero-order valence-electron chi connectivity index (χ0n) is 13.1. The summed E-state index contributed by atoms with van der Waals surface area (Å²) in [6.45, 7) is 3.96. The standard InChI is InChI=1S/C17H31N3/c1-19-15-6-7-16(19)12-20(9-8-15)11-14-10-13-4-2-3-5-17(13)18-14/h13-18H,2-12H2,1H3. The Hall–Kier alpha value is -0.120. The van der Waals surface area contributed by atoms with Gasteiger partial charge in [0, 0.05) is 37.3 Å². The van der Waals surface area contributed by atoms with E-state index in [2.05, 4.69) is 22.2 Å². The van der Waals surface area contributed by atoms with Crippen LogP contribution in [0.4, 0.5) is 0 Å². The van der Waals surface area contributed by atoms with Crippen LogP contribution in [0.25, 0.3) is 0 Å². The van der Waals surface area contributed by atoms with Crippen LogP contribution in [0, 0.1) is 5.92 Å². The van der Waals surface area contributed by atoms with Crippen molar-refractivity contribution in [3.63, 3.8) is 0 Å². The van der Waals surface area contributed by atoms with Gasteiger partial charge >= 0.3 is 0 Å². The van der Waals surface area contributed by atoms with Crippen LogP contribution in [0.1, 0.15) is 51.4 Å². The lowest BCUT2D eigenvalue weighted by Crippen LogP contribution is -2.43. The van der Waals surface area contributed by atoms with Gasteiger partial charge in [-0.05, 0) is 58.0 Å². The summed E-state index contributed by atoms with van der Waals surface area (Å²) in [5.74, 6) is 1.000. The fourth-order valence-corrected chi connectivity index (χ4v) is 5.43. The lowest BCUT2D eigenvalue weighted by molar-refractivity contribution is 0.207. The number of likely N-dealkylation sites (N-methyl/N-ethyl adjacent to an activating group) is 1. The molecule has 114 valence electrons. The van der Waals surface area contributed by atoms with Crippen LogP contribution in [0.2, 0.25) is 0 Å². The van der Waals surface area contributed by atoms with Gasteiger partial charge in [0.15, 0.2) is 0 Å². The maximum atomic E-state index is 3.96. The van der Waals surface area contributed by atoms with E-state index < -0.39 is 0 Å². The van der Waals surface area contributed by atoms with Gasteiger partial charge in [0.25, 0.3) is 0 Å². The Labute approximate surface area is 124 Å². The summed E-state index contributed by atoms with van der Waals surface area (Å²) < 4.78 is 0. The van der Waals surface area contributed by atoms with Crippen molar-refractivity contribution < 1.29 is 0 Å². The van der Waals surface area contributed by atoms with Gasteiger partial charge in [0.2, 0.25) is 0 Å². The van der Waals surface area contributed by atoms with Gasteiger partial charge in [-0.25, -0.2) is 0 Å². The minimum Gasteiger partial charge on any atom is -0.310 e. The van der Waals surface area contributed by atoms with Crippen molar-refractivity contribution in [3.8, 4) is 0 Å². The first kappa shape index (κ1) is 13.5. The average molecular weight is 277 g/mol. The van der Waals surface area contributed by atoms with E-state index in [0.717, 1.165) is 30.1 Å². The number of hydrogen-bond acceptors (Lipinski definition) is 3. The van der Waals surface area contributed by atoms with E-state index in [1.165, 1.54) is 71.0 Å². The molecule has 0 radical (unpaired) electrons. The molecule has 1 saturated carbocycles. The zero-order valence-corrected chi connectivity index (χ0v) is 13.1. The highest BCUT2D eigenvalue weighted by molar-refractivity contribution is 4.96. The van der Waals surface area contributed by atoms with Crippen LogP contribution in [0.3, 0.4) is 0 Å². The zero-order chi connectivity index (χ0) is 13.5. The van der Waals surface area contributed by atoms with Gasteiger partial charge in [0.05, 0.1) is 0 Å². The second-order valence-corrected chi connectivity index (χ2v) is 7.85. The van der Waals surface area contributed by atoms with Gasteiger partial charge in [-0.2, -0.15) is 0 Å². The molecule has 3 aliphatic heterocycles. The van der Waals surface area contributed by atoms with Crippen LogP contribution in [-0.4, -0.2) is 60.6 Å². The van der Waals surface area contributed by atoms with Gasteiger partial charge in [-0.3, -0.25) is 4.90 Å². The highest BCUT2D eigenvalue weighted by Crippen LogP contribution is 2.34. The van der Waals surface area contributed by atoms with Crippen molar-refractivity contribution >= 4 is 0 Å². The summed E-state index contributed by atoms with van der Waals surface area (Å²) in [6, 6.07) is 3.36. The molecule has 20 heavy (non-hydrogen) atoms. The molecular formula is C17H31N3. The third-order valence-electron chi connectivity index (χ3n) is 6.66. The SMILES string of the molecule is CN1C2CCC1CN(CC1CC3CCCCC3N1)CC2. The summed E-state index contributed by atoms with van der Waals surface area (Å²) in [5.41, 5.74) is 0. The van der Waals surface area contributed by atoms with Gasteiger partial charge in [-0.1, -0.05) is 12.8 Å². The maximum Gasteiger partial charge on any atom is 0.0223 e.